The first-order chi connectivity index (χ1) is 5.59. The van der Waals surface area contributed by atoms with Crippen molar-refractivity contribution in [2.75, 3.05) is 0 Å². The summed E-state index contributed by atoms with van der Waals surface area (Å²) in [5.74, 6) is 0.194. The quantitative estimate of drug-likeness (QED) is 0.759. The number of hydrogen-bond acceptors (Lipinski definition) is 1. The minimum atomic E-state index is 0.194. The molecule has 0 aliphatic rings. The molecule has 0 heterocycles. The Morgan fingerprint density at radius 2 is 2.17 bits per heavy atom. The zero-order valence-electron chi connectivity index (χ0n) is 7.23. The Morgan fingerprint density at radius 1 is 1.50 bits per heavy atom. The number of Topliss-reactive ketones (excluding diaryl/α,β-unsaturated/α-hetero) is 1. The molecular weight excluding hydrogens is 216 g/mol. The van der Waals surface area contributed by atoms with Gasteiger partial charge in [0.15, 0.2) is 0 Å². The van der Waals surface area contributed by atoms with E-state index in [1.54, 1.807) is 6.92 Å². The van der Waals surface area contributed by atoms with Crippen molar-refractivity contribution in [2.24, 2.45) is 0 Å². The molecule has 0 aliphatic heterocycles. The molecule has 12 heavy (non-hydrogen) atoms. The average molecular weight is 227 g/mol. The summed E-state index contributed by atoms with van der Waals surface area (Å²) in [6, 6.07) is 6.03. The van der Waals surface area contributed by atoms with E-state index in [0.29, 0.717) is 6.42 Å². The van der Waals surface area contributed by atoms with Crippen molar-refractivity contribution in [1.29, 1.82) is 0 Å². The lowest BCUT2D eigenvalue weighted by atomic mass is 10.1. The molecule has 2 heteroatoms. The predicted octanol–water partition coefficient (Wildman–Crippen LogP) is 2.89. The molecule has 1 aromatic carbocycles. The standard InChI is InChI=1S/C10H11BrO/c1-7-3-4-9(6-8(2)12)10(11)5-7/h3-5H,6H2,1-2H3. The van der Waals surface area contributed by atoms with Crippen LogP contribution in [0.5, 0.6) is 0 Å². The molecule has 0 saturated carbocycles. The molecule has 0 N–H and O–H groups in total. The highest BCUT2D eigenvalue weighted by molar-refractivity contribution is 9.10. The van der Waals surface area contributed by atoms with Gasteiger partial charge in [-0.1, -0.05) is 28.1 Å². The Bertz CT molecular complexity index is 305. The molecule has 64 valence electrons. The molecule has 0 unspecified atom stereocenters. The van der Waals surface area contributed by atoms with Gasteiger partial charge in [0, 0.05) is 10.9 Å². The maximum absolute atomic E-state index is 10.8. The third-order valence-electron chi connectivity index (χ3n) is 1.65. The Morgan fingerprint density at radius 3 is 2.67 bits per heavy atom. The number of hydrogen-bond donors (Lipinski definition) is 0. The van der Waals surface area contributed by atoms with Crippen molar-refractivity contribution >= 4 is 21.7 Å². The predicted molar refractivity (Wildman–Crippen MR) is 53.3 cm³/mol. The van der Waals surface area contributed by atoms with E-state index in [1.165, 1.54) is 5.56 Å². The van der Waals surface area contributed by atoms with Crippen LogP contribution >= 0.6 is 15.9 Å². The van der Waals surface area contributed by atoms with Crippen molar-refractivity contribution in [2.45, 2.75) is 20.3 Å². The summed E-state index contributed by atoms with van der Waals surface area (Å²) in [4.78, 5) is 10.8. The van der Waals surface area contributed by atoms with Crippen LogP contribution in [-0.4, -0.2) is 5.78 Å². The van der Waals surface area contributed by atoms with E-state index < -0.39 is 0 Å². The van der Waals surface area contributed by atoms with Gasteiger partial charge in [-0.3, -0.25) is 4.79 Å². The molecule has 1 nitrogen and oxygen atoms in total. The number of ketones is 1. The van der Waals surface area contributed by atoms with Gasteiger partial charge in [0.1, 0.15) is 5.78 Å². The number of benzene rings is 1. The number of carbonyl (C=O) groups excluding carboxylic acids is 1. The topological polar surface area (TPSA) is 17.1 Å². The second-order valence-corrected chi connectivity index (χ2v) is 3.83. The van der Waals surface area contributed by atoms with Gasteiger partial charge < -0.3 is 0 Å². The zero-order chi connectivity index (χ0) is 9.14. The molecule has 0 saturated heterocycles. The molecule has 0 fully saturated rings. The Kier molecular flexibility index (Phi) is 3.04. The number of carbonyl (C=O) groups is 1. The summed E-state index contributed by atoms with van der Waals surface area (Å²) in [7, 11) is 0. The van der Waals surface area contributed by atoms with Crippen molar-refractivity contribution in [3.63, 3.8) is 0 Å². The van der Waals surface area contributed by atoms with Crippen molar-refractivity contribution in [1.82, 2.24) is 0 Å². The van der Waals surface area contributed by atoms with Gasteiger partial charge in [-0.05, 0) is 31.0 Å². The van der Waals surface area contributed by atoms with Crippen LogP contribution in [0.4, 0.5) is 0 Å². The smallest absolute Gasteiger partial charge is 0.134 e. The van der Waals surface area contributed by atoms with Gasteiger partial charge in [0.2, 0.25) is 0 Å². The van der Waals surface area contributed by atoms with Crippen LogP contribution in [0.2, 0.25) is 0 Å². The molecule has 0 atom stereocenters. The van der Waals surface area contributed by atoms with Crippen LogP contribution in [0.25, 0.3) is 0 Å². The van der Waals surface area contributed by atoms with E-state index in [2.05, 4.69) is 15.9 Å². The van der Waals surface area contributed by atoms with Gasteiger partial charge >= 0.3 is 0 Å². The average Bonchev–Trinajstić information content (AvgIpc) is 1.94. The first kappa shape index (κ1) is 9.46. The second kappa shape index (κ2) is 3.85. The molecule has 0 radical (unpaired) electrons. The largest absolute Gasteiger partial charge is 0.300 e. The number of halogens is 1. The van der Waals surface area contributed by atoms with E-state index in [4.69, 9.17) is 0 Å². The molecule has 0 amide bonds. The number of rotatable bonds is 2. The fourth-order valence-corrected chi connectivity index (χ4v) is 1.70. The first-order valence-corrected chi connectivity index (χ1v) is 4.63. The van der Waals surface area contributed by atoms with Gasteiger partial charge in [0.25, 0.3) is 0 Å². The molecule has 0 spiro atoms. The van der Waals surface area contributed by atoms with Gasteiger partial charge in [-0.2, -0.15) is 0 Å². The Balaban J connectivity index is 2.93. The van der Waals surface area contributed by atoms with Gasteiger partial charge in [-0.15, -0.1) is 0 Å². The van der Waals surface area contributed by atoms with Gasteiger partial charge in [0.05, 0.1) is 0 Å². The Hall–Kier alpha value is -0.630. The highest BCUT2D eigenvalue weighted by Crippen LogP contribution is 2.18. The van der Waals surface area contributed by atoms with Crippen LogP contribution in [-0.2, 0) is 11.2 Å². The van der Waals surface area contributed by atoms with E-state index in [1.807, 2.05) is 25.1 Å². The van der Waals surface area contributed by atoms with Crippen LogP contribution < -0.4 is 0 Å². The fraction of sp³-hybridized carbons (Fsp3) is 0.300. The molecule has 1 rings (SSSR count). The summed E-state index contributed by atoms with van der Waals surface area (Å²) < 4.78 is 1.03. The summed E-state index contributed by atoms with van der Waals surface area (Å²) in [6.45, 7) is 3.63. The van der Waals surface area contributed by atoms with E-state index in [0.717, 1.165) is 10.0 Å². The van der Waals surface area contributed by atoms with Crippen LogP contribution in [0.1, 0.15) is 18.1 Å². The van der Waals surface area contributed by atoms with E-state index in [-0.39, 0.29) is 5.78 Å². The van der Waals surface area contributed by atoms with E-state index >= 15 is 0 Å². The number of aryl methyl sites for hydroxylation is 1. The lowest BCUT2D eigenvalue weighted by Gasteiger charge is -2.02. The molecular formula is C10H11BrO. The van der Waals surface area contributed by atoms with Crippen LogP contribution in [0.3, 0.4) is 0 Å². The minimum absolute atomic E-state index is 0.194. The molecule has 0 bridgehead atoms. The highest BCUT2D eigenvalue weighted by Gasteiger charge is 2.01. The van der Waals surface area contributed by atoms with Crippen molar-refractivity contribution < 1.29 is 4.79 Å². The second-order valence-electron chi connectivity index (χ2n) is 2.97. The normalized spacial score (nSPS) is 9.92. The Labute approximate surface area is 80.9 Å². The lowest BCUT2D eigenvalue weighted by molar-refractivity contribution is -0.116. The lowest BCUT2D eigenvalue weighted by Crippen LogP contribution is -1.97. The highest BCUT2D eigenvalue weighted by atomic mass is 79.9. The third kappa shape index (κ3) is 2.45. The van der Waals surface area contributed by atoms with Gasteiger partial charge in [-0.25, -0.2) is 0 Å². The first-order valence-electron chi connectivity index (χ1n) is 3.84. The maximum atomic E-state index is 10.8. The summed E-state index contributed by atoms with van der Waals surface area (Å²) in [5, 5.41) is 0. The summed E-state index contributed by atoms with van der Waals surface area (Å²) >= 11 is 3.42. The van der Waals surface area contributed by atoms with Crippen LogP contribution in [0, 0.1) is 6.92 Å². The maximum Gasteiger partial charge on any atom is 0.134 e. The van der Waals surface area contributed by atoms with Crippen molar-refractivity contribution in [3.05, 3.63) is 33.8 Å². The summed E-state index contributed by atoms with van der Waals surface area (Å²) in [5.41, 5.74) is 2.27. The minimum Gasteiger partial charge on any atom is -0.300 e. The zero-order valence-corrected chi connectivity index (χ0v) is 8.81. The molecule has 0 aliphatic carbocycles. The molecule has 0 aromatic heterocycles. The molecule has 1 aromatic rings. The monoisotopic (exact) mass is 226 g/mol. The third-order valence-corrected chi connectivity index (χ3v) is 2.39. The summed E-state index contributed by atoms with van der Waals surface area (Å²) in [6.07, 6.45) is 0.515. The van der Waals surface area contributed by atoms with Crippen LogP contribution in [0.15, 0.2) is 22.7 Å². The fourth-order valence-electron chi connectivity index (χ4n) is 1.06. The van der Waals surface area contributed by atoms with E-state index in [9.17, 15) is 4.79 Å². The SMILES string of the molecule is CC(=O)Cc1ccc(C)cc1Br. The van der Waals surface area contributed by atoms with Crippen molar-refractivity contribution in [3.8, 4) is 0 Å².